The zero-order valence-electron chi connectivity index (χ0n) is 15.0. The number of methoxy groups -OCH3 is 1. The minimum atomic E-state index is -0.739. The van der Waals surface area contributed by atoms with Crippen LogP contribution in [0.1, 0.15) is 46.7 Å². The number of nitrogens with one attached hydrogen (secondary N) is 1. The Kier molecular flexibility index (Phi) is 5.41. The van der Waals surface area contributed by atoms with Crippen LogP contribution in [0.4, 0.5) is 11.4 Å². The van der Waals surface area contributed by atoms with Crippen molar-refractivity contribution in [3.8, 4) is 0 Å². The van der Waals surface area contributed by atoms with Crippen molar-refractivity contribution in [2.24, 2.45) is 7.05 Å². The number of carbonyl (C=O) groups excluding carboxylic acids is 1. The summed E-state index contributed by atoms with van der Waals surface area (Å²) in [5, 5.41) is 18.9. The molecule has 0 aliphatic carbocycles. The third-order valence-corrected chi connectivity index (χ3v) is 4.26. The zero-order chi connectivity index (χ0) is 18.7. The van der Waals surface area contributed by atoms with Gasteiger partial charge in [0.25, 0.3) is 5.69 Å². The average Bonchev–Trinajstić information content (AvgIpc) is 2.84. The molecule has 25 heavy (non-hydrogen) atoms. The van der Waals surface area contributed by atoms with Crippen LogP contribution >= 0.6 is 0 Å². The number of aryl methyl sites for hydroxylation is 2. The lowest BCUT2D eigenvalue weighted by atomic mass is 10.0. The Morgan fingerprint density at radius 3 is 2.60 bits per heavy atom. The Bertz CT molecular complexity index is 813. The SMILES string of the molecule is CCC(Nc1ccc([N+](=O)[O-])c(C(=O)OC)c1)c1c(C)nn(C)c1C. The van der Waals surface area contributed by atoms with Crippen molar-refractivity contribution in [1.82, 2.24) is 9.78 Å². The van der Waals surface area contributed by atoms with Crippen LogP contribution in [0.2, 0.25) is 0 Å². The van der Waals surface area contributed by atoms with Gasteiger partial charge in [-0.3, -0.25) is 14.8 Å². The Morgan fingerprint density at radius 2 is 2.12 bits per heavy atom. The fourth-order valence-electron chi connectivity index (χ4n) is 2.93. The molecule has 0 amide bonds. The maximum atomic E-state index is 11.9. The summed E-state index contributed by atoms with van der Waals surface area (Å²) in [5.41, 5.74) is 3.32. The van der Waals surface area contributed by atoms with Gasteiger partial charge in [0.1, 0.15) is 5.56 Å². The van der Waals surface area contributed by atoms with Crippen LogP contribution < -0.4 is 5.32 Å². The molecule has 1 N–H and O–H groups in total. The third-order valence-electron chi connectivity index (χ3n) is 4.26. The summed E-state index contributed by atoms with van der Waals surface area (Å²) in [6, 6.07) is 4.33. The van der Waals surface area contributed by atoms with E-state index in [0.717, 1.165) is 23.4 Å². The lowest BCUT2D eigenvalue weighted by Crippen LogP contribution is -2.13. The summed E-state index contributed by atoms with van der Waals surface area (Å²) >= 11 is 0. The summed E-state index contributed by atoms with van der Waals surface area (Å²) in [4.78, 5) is 22.4. The molecule has 0 saturated heterocycles. The Hall–Kier alpha value is -2.90. The topological polar surface area (TPSA) is 99.3 Å². The predicted octanol–water partition coefficient (Wildman–Crippen LogP) is 3.29. The van der Waals surface area contributed by atoms with E-state index in [4.69, 9.17) is 0 Å². The monoisotopic (exact) mass is 346 g/mol. The standard InChI is InChI=1S/C17H22N4O4/c1-6-14(16-10(2)19-20(4)11(16)3)18-12-7-8-15(21(23)24)13(9-12)17(22)25-5/h7-9,14,18H,6H2,1-5H3. The van der Waals surface area contributed by atoms with Gasteiger partial charge in [0.2, 0.25) is 0 Å². The van der Waals surface area contributed by atoms with E-state index in [1.54, 1.807) is 6.07 Å². The molecule has 1 aromatic heterocycles. The molecule has 0 spiro atoms. The van der Waals surface area contributed by atoms with E-state index in [2.05, 4.69) is 15.2 Å². The molecule has 0 radical (unpaired) electrons. The van der Waals surface area contributed by atoms with E-state index < -0.39 is 10.9 Å². The number of rotatable bonds is 6. The summed E-state index contributed by atoms with van der Waals surface area (Å²) in [5.74, 6) is -0.739. The van der Waals surface area contributed by atoms with E-state index in [1.807, 2.05) is 32.5 Å². The van der Waals surface area contributed by atoms with Gasteiger partial charge in [-0.15, -0.1) is 0 Å². The lowest BCUT2D eigenvalue weighted by Gasteiger charge is -2.19. The van der Waals surface area contributed by atoms with Crippen molar-refractivity contribution in [2.45, 2.75) is 33.2 Å². The smallest absolute Gasteiger partial charge is 0.344 e. The predicted molar refractivity (Wildman–Crippen MR) is 93.8 cm³/mol. The van der Waals surface area contributed by atoms with Crippen LogP contribution in [0.5, 0.6) is 0 Å². The molecule has 1 atom stereocenters. The number of aromatic nitrogens is 2. The minimum absolute atomic E-state index is 0.0272. The minimum Gasteiger partial charge on any atom is -0.465 e. The highest BCUT2D eigenvalue weighted by atomic mass is 16.6. The van der Waals surface area contributed by atoms with Gasteiger partial charge in [-0.1, -0.05) is 6.92 Å². The molecule has 2 rings (SSSR count). The Labute approximate surface area is 145 Å². The van der Waals surface area contributed by atoms with Crippen LogP contribution in [-0.2, 0) is 11.8 Å². The fourth-order valence-corrected chi connectivity index (χ4v) is 2.93. The summed E-state index contributed by atoms with van der Waals surface area (Å²) in [6.07, 6.45) is 0.790. The van der Waals surface area contributed by atoms with Gasteiger partial charge >= 0.3 is 5.97 Å². The second kappa shape index (κ2) is 7.33. The number of hydrogen-bond acceptors (Lipinski definition) is 6. The first kappa shape index (κ1) is 18.4. The van der Waals surface area contributed by atoms with E-state index in [9.17, 15) is 14.9 Å². The maximum absolute atomic E-state index is 11.9. The largest absolute Gasteiger partial charge is 0.465 e. The highest BCUT2D eigenvalue weighted by Crippen LogP contribution is 2.30. The Balaban J connectivity index is 2.41. The lowest BCUT2D eigenvalue weighted by molar-refractivity contribution is -0.385. The second-order valence-corrected chi connectivity index (χ2v) is 5.79. The number of ether oxygens (including phenoxy) is 1. The molecule has 0 aliphatic rings. The second-order valence-electron chi connectivity index (χ2n) is 5.79. The number of anilines is 1. The van der Waals surface area contributed by atoms with Gasteiger partial charge in [0.05, 0.1) is 23.8 Å². The van der Waals surface area contributed by atoms with Gasteiger partial charge in [0.15, 0.2) is 0 Å². The van der Waals surface area contributed by atoms with Gasteiger partial charge in [0, 0.05) is 30.1 Å². The summed E-state index contributed by atoms with van der Waals surface area (Å²) in [6.45, 7) is 5.98. The third kappa shape index (κ3) is 3.62. The normalized spacial score (nSPS) is 11.9. The maximum Gasteiger partial charge on any atom is 0.344 e. The average molecular weight is 346 g/mol. The van der Waals surface area contributed by atoms with E-state index in [-0.39, 0.29) is 17.3 Å². The van der Waals surface area contributed by atoms with Crippen molar-refractivity contribution in [3.63, 3.8) is 0 Å². The van der Waals surface area contributed by atoms with Gasteiger partial charge in [-0.2, -0.15) is 5.10 Å². The van der Waals surface area contributed by atoms with Gasteiger partial charge in [-0.05, 0) is 32.4 Å². The molecule has 8 nitrogen and oxygen atoms in total. The van der Waals surface area contributed by atoms with Crippen molar-refractivity contribution < 1.29 is 14.5 Å². The molecule has 8 heteroatoms. The first-order valence-electron chi connectivity index (χ1n) is 7.93. The van der Waals surface area contributed by atoms with E-state index >= 15 is 0 Å². The molecule has 134 valence electrons. The zero-order valence-corrected chi connectivity index (χ0v) is 15.0. The first-order chi connectivity index (χ1) is 11.8. The fraction of sp³-hybridized carbons (Fsp3) is 0.412. The van der Waals surface area contributed by atoms with Crippen molar-refractivity contribution in [3.05, 3.63) is 50.8 Å². The molecular weight excluding hydrogens is 324 g/mol. The molecule has 2 aromatic rings. The van der Waals surface area contributed by atoms with Crippen molar-refractivity contribution >= 4 is 17.3 Å². The first-order valence-corrected chi connectivity index (χ1v) is 7.93. The number of nitrogens with zero attached hydrogens (tertiary/aromatic N) is 3. The molecular formula is C17H22N4O4. The molecule has 0 aliphatic heterocycles. The van der Waals surface area contributed by atoms with Crippen molar-refractivity contribution in [2.75, 3.05) is 12.4 Å². The van der Waals surface area contributed by atoms with Gasteiger partial charge < -0.3 is 10.1 Å². The number of nitro benzene ring substituents is 1. The summed E-state index contributed by atoms with van der Waals surface area (Å²) in [7, 11) is 3.09. The number of nitro groups is 1. The molecule has 1 aromatic carbocycles. The van der Waals surface area contributed by atoms with E-state index in [1.165, 1.54) is 19.2 Å². The number of benzene rings is 1. The highest BCUT2D eigenvalue weighted by Gasteiger charge is 2.23. The van der Waals surface area contributed by atoms with Crippen LogP contribution in [0.15, 0.2) is 18.2 Å². The highest BCUT2D eigenvalue weighted by molar-refractivity contribution is 5.95. The van der Waals surface area contributed by atoms with Crippen LogP contribution in [-0.4, -0.2) is 27.8 Å². The van der Waals surface area contributed by atoms with Crippen LogP contribution in [0.3, 0.4) is 0 Å². The number of esters is 1. The van der Waals surface area contributed by atoms with Gasteiger partial charge in [-0.25, -0.2) is 4.79 Å². The molecule has 1 heterocycles. The molecule has 0 fully saturated rings. The van der Waals surface area contributed by atoms with E-state index in [0.29, 0.717) is 5.69 Å². The van der Waals surface area contributed by atoms with Crippen LogP contribution in [0.25, 0.3) is 0 Å². The molecule has 1 unspecified atom stereocenters. The quantitative estimate of drug-likeness (QED) is 0.489. The Morgan fingerprint density at radius 1 is 1.44 bits per heavy atom. The molecule has 0 saturated carbocycles. The van der Waals surface area contributed by atoms with Crippen LogP contribution in [0, 0.1) is 24.0 Å². The number of carbonyl (C=O) groups is 1. The number of hydrogen-bond donors (Lipinski definition) is 1. The van der Waals surface area contributed by atoms with Crippen molar-refractivity contribution in [1.29, 1.82) is 0 Å². The molecule has 0 bridgehead atoms. The summed E-state index contributed by atoms with van der Waals surface area (Å²) < 4.78 is 6.48.